The second-order valence-electron chi connectivity index (χ2n) is 5.69. The van der Waals surface area contributed by atoms with Gasteiger partial charge in [0.25, 0.3) is 0 Å². The Labute approximate surface area is 127 Å². The molecule has 1 rings (SSSR count). The number of amides is 1. The highest BCUT2D eigenvalue weighted by Crippen LogP contribution is 2.18. The van der Waals surface area contributed by atoms with Crippen molar-refractivity contribution in [2.75, 3.05) is 39.3 Å². The average Bonchev–Trinajstić information content (AvgIpc) is 2.45. The number of ether oxygens (including phenoxy) is 1. The Hall–Kier alpha value is -1.36. The Morgan fingerprint density at radius 3 is 2.67 bits per heavy atom. The van der Waals surface area contributed by atoms with Gasteiger partial charge in [-0.2, -0.15) is 0 Å². The maximum absolute atomic E-state index is 12.3. The van der Waals surface area contributed by atoms with E-state index in [0.717, 1.165) is 25.0 Å². The van der Waals surface area contributed by atoms with Crippen molar-refractivity contribution in [3.8, 4) is 0 Å². The van der Waals surface area contributed by atoms with E-state index in [0.29, 0.717) is 32.8 Å². The van der Waals surface area contributed by atoms with Gasteiger partial charge in [-0.1, -0.05) is 12.2 Å². The van der Waals surface area contributed by atoms with Crippen molar-refractivity contribution in [2.45, 2.75) is 33.6 Å². The highest BCUT2D eigenvalue weighted by Gasteiger charge is 2.28. The molecule has 0 bridgehead atoms. The normalized spacial score (nSPS) is 19.1. The maximum Gasteiger partial charge on any atom is 0.310 e. The number of rotatable bonds is 7. The van der Waals surface area contributed by atoms with E-state index < -0.39 is 0 Å². The summed E-state index contributed by atoms with van der Waals surface area (Å²) in [5.74, 6) is -0.128. The standard InChI is InChI=1S/C16H28N2O3/c1-5-18(10-13(3)4)15(19)12-17-9-7-8-14(11-17)16(20)21-6-2/h14H,3,5-12H2,1-2,4H3/t14-/m0/s1. The van der Waals surface area contributed by atoms with Crippen molar-refractivity contribution < 1.29 is 14.3 Å². The van der Waals surface area contributed by atoms with E-state index in [-0.39, 0.29) is 17.8 Å². The third-order valence-corrected chi connectivity index (χ3v) is 3.68. The summed E-state index contributed by atoms with van der Waals surface area (Å²) in [6, 6.07) is 0. The molecule has 1 aliphatic rings. The molecule has 5 nitrogen and oxygen atoms in total. The first-order valence-electron chi connectivity index (χ1n) is 7.79. The van der Waals surface area contributed by atoms with Crippen LogP contribution in [0.15, 0.2) is 12.2 Å². The van der Waals surface area contributed by atoms with Crippen molar-refractivity contribution in [1.82, 2.24) is 9.80 Å². The van der Waals surface area contributed by atoms with Crippen molar-refractivity contribution >= 4 is 11.9 Å². The molecule has 1 saturated heterocycles. The van der Waals surface area contributed by atoms with Gasteiger partial charge in [-0.3, -0.25) is 14.5 Å². The number of carbonyl (C=O) groups is 2. The van der Waals surface area contributed by atoms with Gasteiger partial charge in [0.15, 0.2) is 0 Å². The van der Waals surface area contributed by atoms with Gasteiger partial charge in [-0.05, 0) is 40.2 Å². The number of hydrogen-bond donors (Lipinski definition) is 0. The summed E-state index contributed by atoms with van der Waals surface area (Å²) in [6.45, 7) is 13.1. The van der Waals surface area contributed by atoms with Crippen LogP contribution in [0.5, 0.6) is 0 Å². The molecule has 0 N–H and O–H groups in total. The first-order valence-corrected chi connectivity index (χ1v) is 7.79. The predicted molar refractivity (Wildman–Crippen MR) is 82.9 cm³/mol. The summed E-state index contributed by atoms with van der Waals surface area (Å²) in [5, 5.41) is 0. The van der Waals surface area contributed by atoms with Gasteiger partial charge in [-0.25, -0.2) is 0 Å². The highest BCUT2D eigenvalue weighted by atomic mass is 16.5. The molecule has 0 unspecified atom stereocenters. The van der Waals surface area contributed by atoms with Crippen LogP contribution in [-0.4, -0.2) is 61.0 Å². The fourth-order valence-electron chi connectivity index (χ4n) is 2.65. The quantitative estimate of drug-likeness (QED) is 0.530. The fourth-order valence-corrected chi connectivity index (χ4v) is 2.65. The molecule has 1 fully saturated rings. The Morgan fingerprint density at radius 1 is 1.38 bits per heavy atom. The minimum Gasteiger partial charge on any atom is -0.466 e. The van der Waals surface area contributed by atoms with E-state index >= 15 is 0 Å². The smallest absolute Gasteiger partial charge is 0.310 e. The lowest BCUT2D eigenvalue weighted by Crippen LogP contribution is -2.46. The number of nitrogens with zero attached hydrogens (tertiary/aromatic N) is 2. The van der Waals surface area contributed by atoms with E-state index in [1.54, 1.807) is 4.90 Å². The van der Waals surface area contributed by atoms with Crippen molar-refractivity contribution in [2.24, 2.45) is 5.92 Å². The number of likely N-dealkylation sites (N-methyl/N-ethyl adjacent to an activating group) is 1. The van der Waals surface area contributed by atoms with Gasteiger partial charge in [0.05, 0.1) is 19.1 Å². The lowest BCUT2D eigenvalue weighted by Gasteiger charge is -2.32. The van der Waals surface area contributed by atoms with Gasteiger partial charge in [-0.15, -0.1) is 0 Å². The van der Waals surface area contributed by atoms with E-state index in [2.05, 4.69) is 11.5 Å². The number of carbonyl (C=O) groups excluding carboxylic acids is 2. The fraction of sp³-hybridized carbons (Fsp3) is 0.750. The lowest BCUT2D eigenvalue weighted by atomic mass is 9.98. The number of piperidine rings is 1. The summed E-state index contributed by atoms with van der Waals surface area (Å²) in [5.41, 5.74) is 0.980. The number of hydrogen-bond acceptors (Lipinski definition) is 4. The van der Waals surface area contributed by atoms with Crippen LogP contribution in [-0.2, 0) is 14.3 Å². The number of esters is 1. The first-order chi connectivity index (χ1) is 9.97. The van der Waals surface area contributed by atoms with E-state index in [9.17, 15) is 9.59 Å². The summed E-state index contributed by atoms with van der Waals surface area (Å²) < 4.78 is 5.08. The zero-order valence-electron chi connectivity index (χ0n) is 13.6. The van der Waals surface area contributed by atoms with Gasteiger partial charge in [0.1, 0.15) is 0 Å². The minimum absolute atomic E-state index is 0.0947. The van der Waals surface area contributed by atoms with Crippen LogP contribution < -0.4 is 0 Å². The molecule has 0 radical (unpaired) electrons. The van der Waals surface area contributed by atoms with Crippen LogP contribution in [0.3, 0.4) is 0 Å². The Kier molecular flexibility index (Phi) is 7.43. The Bertz CT molecular complexity index is 382. The zero-order chi connectivity index (χ0) is 15.8. The summed E-state index contributed by atoms with van der Waals surface area (Å²) in [4.78, 5) is 28.0. The van der Waals surface area contributed by atoms with Crippen LogP contribution in [0.25, 0.3) is 0 Å². The lowest BCUT2D eigenvalue weighted by molar-refractivity contribution is -0.150. The molecule has 0 saturated carbocycles. The van der Waals surface area contributed by atoms with E-state index in [1.165, 1.54) is 0 Å². The van der Waals surface area contributed by atoms with Crippen LogP contribution in [0.1, 0.15) is 33.6 Å². The zero-order valence-corrected chi connectivity index (χ0v) is 13.6. The Balaban J connectivity index is 2.51. The van der Waals surface area contributed by atoms with Crippen LogP contribution in [0.4, 0.5) is 0 Å². The summed E-state index contributed by atoms with van der Waals surface area (Å²) >= 11 is 0. The van der Waals surface area contributed by atoms with Crippen molar-refractivity contribution in [1.29, 1.82) is 0 Å². The van der Waals surface area contributed by atoms with Crippen LogP contribution in [0.2, 0.25) is 0 Å². The topological polar surface area (TPSA) is 49.9 Å². The third kappa shape index (κ3) is 5.87. The number of likely N-dealkylation sites (tertiary alicyclic amines) is 1. The molecule has 1 amide bonds. The van der Waals surface area contributed by atoms with Gasteiger partial charge in [0.2, 0.25) is 5.91 Å². The molecular weight excluding hydrogens is 268 g/mol. The van der Waals surface area contributed by atoms with Gasteiger partial charge < -0.3 is 9.64 Å². The van der Waals surface area contributed by atoms with Gasteiger partial charge in [0, 0.05) is 19.6 Å². The SMILES string of the molecule is C=C(C)CN(CC)C(=O)CN1CCC[C@H](C(=O)OCC)C1. The third-order valence-electron chi connectivity index (χ3n) is 3.68. The van der Waals surface area contributed by atoms with Crippen LogP contribution in [0, 0.1) is 5.92 Å². The second-order valence-corrected chi connectivity index (χ2v) is 5.69. The van der Waals surface area contributed by atoms with E-state index in [1.807, 2.05) is 20.8 Å². The molecule has 0 aromatic carbocycles. The van der Waals surface area contributed by atoms with Crippen LogP contribution >= 0.6 is 0 Å². The molecule has 0 aliphatic carbocycles. The first kappa shape index (κ1) is 17.7. The molecule has 1 atom stereocenters. The van der Waals surface area contributed by atoms with Gasteiger partial charge >= 0.3 is 5.97 Å². The monoisotopic (exact) mass is 296 g/mol. The highest BCUT2D eigenvalue weighted by molar-refractivity contribution is 5.78. The molecule has 0 aromatic heterocycles. The second kappa shape index (κ2) is 8.82. The molecule has 1 aliphatic heterocycles. The Morgan fingerprint density at radius 2 is 2.10 bits per heavy atom. The summed E-state index contributed by atoms with van der Waals surface area (Å²) in [6.07, 6.45) is 1.79. The summed E-state index contributed by atoms with van der Waals surface area (Å²) in [7, 11) is 0. The van der Waals surface area contributed by atoms with Crippen molar-refractivity contribution in [3.63, 3.8) is 0 Å². The van der Waals surface area contributed by atoms with Crippen molar-refractivity contribution in [3.05, 3.63) is 12.2 Å². The molecular formula is C16H28N2O3. The molecule has 21 heavy (non-hydrogen) atoms. The molecule has 0 spiro atoms. The molecule has 0 aromatic rings. The largest absolute Gasteiger partial charge is 0.466 e. The van der Waals surface area contributed by atoms with E-state index in [4.69, 9.17) is 4.74 Å². The molecule has 120 valence electrons. The average molecular weight is 296 g/mol. The molecule has 1 heterocycles. The minimum atomic E-state index is -0.135. The molecule has 5 heteroatoms. The predicted octanol–water partition coefficient (Wildman–Crippen LogP) is 1.69. The maximum atomic E-state index is 12.3.